The fraction of sp³-hybridized carbons (Fsp3) is 0.192. The minimum Gasteiger partial charge on any atom is -0.387 e. The highest BCUT2D eigenvalue weighted by Gasteiger charge is 2.27. The zero-order chi connectivity index (χ0) is 26.7. The van der Waals surface area contributed by atoms with Gasteiger partial charge in [0.25, 0.3) is 5.91 Å². The summed E-state index contributed by atoms with van der Waals surface area (Å²) in [6, 6.07) is 13.5. The maximum absolute atomic E-state index is 14.2. The normalized spacial score (nSPS) is 12.1. The van der Waals surface area contributed by atoms with E-state index in [1.807, 2.05) is 0 Å². The van der Waals surface area contributed by atoms with Crippen LogP contribution in [-0.2, 0) is 0 Å². The van der Waals surface area contributed by atoms with Gasteiger partial charge in [0, 0.05) is 41.3 Å². The van der Waals surface area contributed by atoms with Gasteiger partial charge in [-0.2, -0.15) is 5.26 Å². The average Bonchev–Trinajstić information content (AvgIpc) is 3.30. The number of carbonyl (C=O) groups is 2. The second-order valence-corrected chi connectivity index (χ2v) is 8.92. The SMILES string of the molecule is CC(C)(O)C(F)CNC(=O)c1cnc(-n2ccc3cc(C#N)cnc32)cc1Nc1ccc(C(N)=O)cc1. The van der Waals surface area contributed by atoms with Gasteiger partial charge in [-0.15, -0.1) is 0 Å². The lowest BCUT2D eigenvalue weighted by atomic mass is 10.0. The molecule has 1 unspecified atom stereocenters. The number of fused-ring (bicyclic) bond motifs is 1. The molecule has 10 nitrogen and oxygen atoms in total. The molecule has 0 spiro atoms. The Hall–Kier alpha value is -4.82. The molecule has 37 heavy (non-hydrogen) atoms. The fourth-order valence-corrected chi connectivity index (χ4v) is 3.53. The van der Waals surface area contributed by atoms with Crippen LogP contribution in [0.1, 0.15) is 40.1 Å². The third-order valence-electron chi connectivity index (χ3n) is 5.69. The van der Waals surface area contributed by atoms with Crippen molar-refractivity contribution < 1.29 is 19.1 Å². The summed E-state index contributed by atoms with van der Waals surface area (Å²) in [4.78, 5) is 33.1. The molecular weight excluding hydrogens is 477 g/mol. The van der Waals surface area contributed by atoms with E-state index < -0.39 is 30.1 Å². The van der Waals surface area contributed by atoms with Crippen LogP contribution in [0.25, 0.3) is 16.9 Å². The van der Waals surface area contributed by atoms with E-state index >= 15 is 0 Å². The zero-order valence-electron chi connectivity index (χ0n) is 20.1. The van der Waals surface area contributed by atoms with Crippen LogP contribution in [0.5, 0.6) is 0 Å². The van der Waals surface area contributed by atoms with E-state index in [-0.39, 0.29) is 5.56 Å². The first-order chi connectivity index (χ1) is 17.6. The van der Waals surface area contributed by atoms with E-state index in [0.29, 0.717) is 34.0 Å². The Kier molecular flexibility index (Phi) is 6.86. The largest absolute Gasteiger partial charge is 0.387 e. The third kappa shape index (κ3) is 5.55. The Morgan fingerprint density at radius 3 is 2.57 bits per heavy atom. The highest BCUT2D eigenvalue weighted by Crippen LogP contribution is 2.26. The third-order valence-corrected chi connectivity index (χ3v) is 5.69. The van der Waals surface area contributed by atoms with E-state index in [9.17, 15) is 19.1 Å². The molecule has 4 rings (SSSR count). The molecule has 0 radical (unpaired) electrons. The smallest absolute Gasteiger partial charge is 0.255 e. The highest BCUT2D eigenvalue weighted by atomic mass is 19.1. The lowest BCUT2D eigenvalue weighted by Gasteiger charge is -2.22. The number of hydrogen-bond donors (Lipinski definition) is 4. The van der Waals surface area contributed by atoms with Crippen LogP contribution in [0, 0.1) is 11.3 Å². The molecule has 188 valence electrons. The number of carbonyl (C=O) groups excluding carboxylic acids is 2. The number of aromatic nitrogens is 3. The van der Waals surface area contributed by atoms with Crippen molar-refractivity contribution in [2.24, 2.45) is 5.73 Å². The summed E-state index contributed by atoms with van der Waals surface area (Å²) in [5, 5.41) is 25.3. The monoisotopic (exact) mass is 501 g/mol. The first-order valence-corrected chi connectivity index (χ1v) is 11.3. The van der Waals surface area contributed by atoms with E-state index in [1.165, 1.54) is 26.2 Å². The van der Waals surface area contributed by atoms with Gasteiger partial charge >= 0.3 is 0 Å². The topological polar surface area (TPSA) is 159 Å². The van der Waals surface area contributed by atoms with E-state index in [4.69, 9.17) is 11.0 Å². The van der Waals surface area contributed by atoms with Gasteiger partial charge in [0.15, 0.2) is 0 Å². The van der Waals surface area contributed by atoms with Crippen molar-refractivity contribution >= 4 is 34.2 Å². The number of pyridine rings is 2. The van der Waals surface area contributed by atoms with Gasteiger partial charge in [0.2, 0.25) is 5.91 Å². The first-order valence-electron chi connectivity index (χ1n) is 11.3. The number of nitrogens with one attached hydrogen (secondary N) is 2. The lowest BCUT2D eigenvalue weighted by Crippen LogP contribution is -2.42. The van der Waals surface area contributed by atoms with Gasteiger partial charge in [-0.05, 0) is 50.2 Å². The second kappa shape index (κ2) is 10.0. The van der Waals surface area contributed by atoms with Crippen molar-refractivity contribution in [3.8, 4) is 11.9 Å². The summed E-state index contributed by atoms with van der Waals surface area (Å²) in [5.74, 6) is -0.742. The van der Waals surface area contributed by atoms with Crippen LogP contribution < -0.4 is 16.4 Å². The van der Waals surface area contributed by atoms with E-state index in [2.05, 4.69) is 26.7 Å². The standard InChI is InChI=1S/C26H24FN7O3/c1-26(2,37)21(27)14-32-25(36)19-13-30-22(34-8-7-17-9-15(11-28)12-31-24(17)34)10-20(19)33-18-5-3-16(4-6-18)23(29)35/h3-10,12-13,21,37H,14H2,1-2H3,(H2,29,35)(H,30,33)(H,32,36). The first kappa shape index (κ1) is 25.3. The van der Waals surface area contributed by atoms with Gasteiger partial charge in [-0.25, -0.2) is 14.4 Å². The number of alkyl halides is 1. The summed E-state index contributed by atoms with van der Waals surface area (Å²) in [7, 11) is 0. The number of nitriles is 1. The van der Waals surface area contributed by atoms with Gasteiger partial charge < -0.3 is 21.5 Å². The molecule has 2 amide bonds. The number of nitrogens with zero attached hydrogens (tertiary/aromatic N) is 4. The zero-order valence-corrected chi connectivity index (χ0v) is 20.1. The second-order valence-electron chi connectivity index (χ2n) is 8.92. The molecule has 5 N–H and O–H groups in total. The molecule has 0 aliphatic carbocycles. The lowest BCUT2D eigenvalue weighted by molar-refractivity contribution is -0.00177. The van der Waals surface area contributed by atoms with Gasteiger partial charge in [0.1, 0.15) is 23.7 Å². The summed E-state index contributed by atoms with van der Waals surface area (Å²) in [6.07, 6.45) is 2.86. The van der Waals surface area contributed by atoms with Crippen LogP contribution in [0.4, 0.5) is 15.8 Å². The number of halogens is 1. The van der Waals surface area contributed by atoms with Crippen LogP contribution in [0.3, 0.4) is 0 Å². The quantitative estimate of drug-likeness (QED) is 0.289. The molecule has 1 atom stereocenters. The summed E-state index contributed by atoms with van der Waals surface area (Å²) < 4.78 is 15.9. The van der Waals surface area contributed by atoms with Gasteiger partial charge in [-0.1, -0.05) is 0 Å². The molecule has 0 bridgehead atoms. The summed E-state index contributed by atoms with van der Waals surface area (Å²) >= 11 is 0. The molecule has 0 aliphatic rings. The average molecular weight is 502 g/mol. The summed E-state index contributed by atoms with van der Waals surface area (Å²) in [5.41, 5.74) is 6.03. The molecule has 0 saturated heterocycles. The predicted octanol–water partition coefficient (Wildman–Crippen LogP) is 2.97. The van der Waals surface area contributed by atoms with Crippen molar-refractivity contribution in [3.05, 3.63) is 77.7 Å². The number of nitrogens with two attached hydrogens (primary N) is 1. The van der Waals surface area contributed by atoms with Crippen molar-refractivity contribution in [1.29, 1.82) is 5.26 Å². The number of amides is 2. The van der Waals surface area contributed by atoms with Crippen molar-refractivity contribution in [2.45, 2.75) is 25.6 Å². The maximum atomic E-state index is 14.2. The Morgan fingerprint density at radius 2 is 1.92 bits per heavy atom. The Balaban J connectivity index is 1.71. The number of primary amides is 1. The molecule has 1 aromatic carbocycles. The minimum absolute atomic E-state index is 0.127. The van der Waals surface area contributed by atoms with Crippen molar-refractivity contribution in [1.82, 2.24) is 19.9 Å². The van der Waals surface area contributed by atoms with Crippen molar-refractivity contribution in [2.75, 3.05) is 11.9 Å². The number of benzene rings is 1. The molecule has 0 saturated carbocycles. The maximum Gasteiger partial charge on any atom is 0.255 e. The van der Waals surface area contributed by atoms with Crippen molar-refractivity contribution in [3.63, 3.8) is 0 Å². The van der Waals surface area contributed by atoms with Crippen LogP contribution in [0.15, 0.2) is 61.1 Å². The molecule has 0 fully saturated rings. The summed E-state index contributed by atoms with van der Waals surface area (Å²) in [6.45, 7) is 2.24. The van der Waals surface area contributed by atoms with E-state index in [0.717, 1.165) is 5.39 Å². The Bertz CT molecular complexity index is 1520. The Morgan fingerprint density at radius 1 is 1.19 bits per heavy atom. The predicted molar refractivity (Wildman–Crippen MR) is 135 cm³/mol. The van der Waals surface area contributed by atoms with Gasteiger partial charge in [0.05, 0.1) is 29.0 Å². The number of rotatable bonds is 8. The molecular formula is C26H24FN7O3. The minimum atomic E-state index is -1.68. The molecule has 0 aliphatic heterocycles. The number of hydrogen-bond acceptors (Lipinski definition) is 7. The number of aliphatic hydroxyl groups is 1. The fourth-order valence-electron chi connectivity index (χ4n) is 3.53. The molecule has 4 aromatic rings. The van der Waals surface area contributed by atoms with Gasteiger partial charge in [-0.3, -0.25) is 14.2 Å². The highest BCUT2D eigenvalue weighted by molar-refractivity contribution is 6.00. The van der Waals surface area contributed by atoms with Crippen LogP contribution >= 0.6 is 0 Å². The van der Waals surface area contributed by atoms with E-state index in [1.54, 1.807) is 53.2 Å². The molecule has 11 heteroatoms. The van der Waals surface area contributed by atoms with Crippen LogP contribution in [-0.4, -0.2) is 49.8 Å². The Labute approximate surface area is 211 Å². The van der Waals surface area contributed by atoms with Crippen LogP contribution in [0.2, 0.25) is 0 Å². The molecule has 3 heterocycles. The molecule has 3 aromatic heterocycles. The number of anilines is 2.